The Bertz CT molecular complexity index is 635. The second-order valence-corrected chi connectivity index (χ2v) is 8.63. The lowest BCUT2D eigenvalue weighted by Gasteiger charge is -2.28. The van der Waals surface area contributed by atoms with Crippen LogP contribution in [0.4, 0.5) is 4.79 Å². The summed E-state index contributed by atoms with van der Waals surface area (Å²) in [6.07, 6.45) is 2.37. The highest BCUT2D eigenvalue weighted by Crippen LogP contribution is 2.18. The van der Waals surface area contributed by atoms with Gasteiger partial charge in [-0.1, -0.05) is 24.3 Å². The summed E-state index contributed by atoms with van der Waals surface area (Å²) in [6, 6.07) is 7.97. The van der Waals surface area contributed by atoms with Crippen LogP contribution in [0.25, 0.3) is 0 Å². The molecule has 2 rings (SSSR count). The maximum Gasteiger partial charge on any atom is 0.318 e. The highest BCUT2D eigenvalue weighted by molar-refractivity contribution is 5.88. The molecular formula is C21H34N4O2. The van der Waals surface area contributed by atoms with Crippen LogP contribution in [-0.4, -0.2) is 60.5 Å². The number of hydrogen-bond donors (Lipinski definition) is 2. The first-order valence-corrected chi connectivity index (χ1v) is 9.75. The smallest absolute Gasteiger partial charge is 0.318 e. The molecule has 1 aromatic carbocycles. The number of hydrogen-bond acceptors (Lipinski definition) is 3. The number of benzene rings is 1. The van der Waals surface area contributed by atoms with E-state index in [1.165, 1.54) is 11.1 Å². The number of likely N-dealkylation sites (tertiary alicyclic amines) is 1. The van der Waals surface area contributed by atoms with Crippen LogP contribution in [-0.2, 0) is 17.8 Å². The van der Waals surface area contributed by atoms with Crippen molar-refractivity contribution >= 4 is 11.9 Å². The van der Waals surface area contributed by atoms with Gasteiger partial charge in [0.15, 0.2) is 0 Å². The van der Waals surface area contributed by atoms with Crippen LogP contribution in [0.2, 0.25) is 0 Å². The molecule has 1 unspecified atom stereocenters. The van der Waals surface area contributed by atoms with Crippen molar-refractivity contribution in [2.24, 2.45) is 0 Å². The van der Waals surface area contributed by atoms with Crippen LogP contribution < -0.4 is 10.6 Å². The summed E-state index contributed by atoms with van der Waals surface area (Å²) in [5.41, 5.74) is 2.18. The predicted molar refractivity (Wildman–Crippen MR) is 109 cm³/mol. The first-order chi connectivity index (χ1) is 12.7. The van der Waals surface area contributed by atoms with E-state index in [0.717, 1.165) is 25.8 Å². The molecule has 0 radical (unpaired) electrons. The Kier molecular flexibility index (Phi) is 7.25. The maximum atomic E-state index is 12.5. The van der Waals surface area contributed by atoms with Crippen LogP contribution in [0.5, 0.6) is 0 Å². The molecule has 0 spiro atoms. The third kappa shape index (κ3) is 6.86. The third-order valence-corrected chi connectivity index (χ3v) is 4.53. The van der Waals surface area contributed by atoms with Crippen LogP contribution >= 0.6 is 0 Å². The summed E-state index contributed by atoms with van der Waals surface area (Å²) in [5, 5.41) is 5.95. The van der Waals surface area contributed by atoms with E-state index in [1.807, 2.05) is 20.8 Å². The Morgan fingerprint density at radius 2 is 1.78 bits per heavy atom. The highest BCUT2D eigenvalue weighted by atomic mass is 16.2. The van der Waals surface area contributed by atoms with Gasteiger partial charge < -0.3 is 20.4 Å². The maximum absolute atomic E-state index is 12.5. The van der Waals surface area contributed by atoms with Gasteiger partial charge in [-0.05, 0) is 65.3 Å². The standard InChI is InChI=1S/C21H34N4O2/c1-21(2,3)23-19(26)18-7-6-14-25(18)20(27)22-13-12-16-8-10-17(11-9-16)15-24(4)5/h8-11,18H,6-7,12-15H2,1-5H3,(H,22,27)(H,23,26). The lowest BCUT2D eigenvalue weighted by molar-refractivity contribution is -0.126. The third-order valence-electron chi connectivity index (χ3n) is 4.53. The fraction of sp³-hybridized carbons (Fsp3) is 0.619. The number of carbonyl (C=O) groups is 2. The molecule has 1 heterocycles. The fourth-order valence-electron chi connectivity index (χ4n) is 3.33. The van der Waals surface area contributed by atoms with E-state index >= 15 is 0 Å². The molecule has 1 atom stereocenters. The Balaban J connectivity index is 1.81. The first kappa shape index (κ1) is 21.2. The van der Waals surface area contributed by atoms with Crippen molar-refractivity contribution in [2.75, 3.05) is 27.2 Å². The van der Waals surface area contributed by atoms with Gasteiger partial charge in [0.2, 0.25) is 5.91 Å². The van der Waals surface area contributed by atoms with Gasteiger partial charge in [0.05, 0.1) is 0 Å². The molecular weight excluding hydrogens is 340 g/mol. The first-order valence-electron chi connectivity index (χ1n) is 9.75. The minimum atomic E-state index is -0.366. The largest absolute Gasteiger partial charge is 0.350 e. The SMILES string of the molecule is CN(C)Cc1ccc(CCNC(=O)N2CCCC2C(=O)NC(C)(C)C)cc1. The van der Waals surface area contributed by atoms with Crippen molar-refractivity contribution in [2.45, 2.75) is 58.2 Å². The predicted octanol–water partition coefficient (Wildman–Crippen LogP) is 2.38. The summed E-state index contributed by atoms with van der Waals surface area (Å²) < 4.78 is 0. The monoisotopic (exact) mass is 374 g/mol. The molecule has 3 amide bonds. The molecule has 2 N–H and O–H groups in total. The minimum absolute atomic E-state index is 0.0633. The summed E-state index contributed by atoms with van der Waals surface area (Å²) in [6.45, 7) is 7.98. The zero-order valence-electron chi connectivity index (χ0n) is 17.3. The van der Waals surface area contributed by atoms with Crippen molar-refractivity contribution in [3.8, 4) is 0 Å². The number of rotatable bonds is 6. The second-order valence-electron chi connectivity index (χ2n) is 8.63. The molecule has 0 saturated carbocycles. The molecule has 0 aliphatic carbocycles. The average molecular weight is 375 g/mol. The minimum Gasteiger partial charge on any atom is -0.350 e. The zero-order valence-corrected chi connectivity index (χ0v) is 17.3. The lowest BCUT2D eigenvalue weighted by atomic mass is 10.1. The van der Waals surface area contributed by atoms with E-state index in [9.17, 15) is 9.59 Å². The fourth-order valence-corrected chi connectivity index (χ4v) is 3.33. The van der Waals surface area contributed by atoms with Crippen molar-refractivity contribution in [1.82, 2.24) is 20.4 Å². The van der Waals surface area contributed by atoms with Gasteiger partial charge in [0.1, 0.15) is 6.04 Å². The molecule has 0 aromatic heterocycles. The van der Waals surface area contributed by atoms with Crippen LogP contribution in [0.3, 0.4) is 0 Å². The highest BCUT2D eigenvalue weighted by Gasteiger charge is 2.35. The normalized spacial score (nSPS) is 17.3. The molecule has 27 heavy (non-hydrogen) atoms. The van der Waals surface area contributed by atoms with Crippen LogP contribution in [0, 0.1) is 0 Å². The van der Waals surface area contributed by atoms with E-state index in [0.29, 0.717) is 13.1 Å². The van der Waals surface area contributed by atoms with Crippen molar-refractivity contribution < 1.29 is 9.59 Å². The van der Waals surface area contributed by atoms with Crippen molar-refractivity contribution in [3.63, 3.8) is 0 Å². The summed E-state index contributed by atoms with van der Waals surface area (Å²) >= 11 is 0. The van der Waals surface area contributed by atoms with E-state index in [2.05, 4.69) is 53.9 Å². The Hall–Kier alpha value is -2.08. The Morgan fingerprint density at radius 3 is 2.37 bits per heavy atom. The van der Waals surface area contributed by atoms with Gasteiger partial charge in [-0.15, -0.1) is 0 Å². The molecule has 1 aliphatic heterocycles. The molecule has 150 valence electrons. The second kappa shape index (κ2) is 9.22. The van der Waals surface area contributed by atoms with Gasteiger partial charge in [-0.3, -0.25) is 4.79 Å². The number of urea groups is 1. The molecule has 6 heteroatoms. The number of carbonyl (C=O) groups excluding carboxylic acids is 2. The number of amides is 3. The van der Waals surface area contributed by atoms with E-state index in [1.54, 1.807) is 4.90 Å². The Labute approximate surface area is 163 Å². The molecule has 1 aliphatic rings. The van der Waals surface area contributed by atoms with Gasteiger partial charge in [-0.2, -0.15) is 0 Å². The zero-order chi connectivity index (χ0) is 20.0. The summed E-state index contributed by atoms with van der Waals surface area (Å²) in [4.78, 5) is 28.8. The topological polar surface area (TPSA) is 64.7 Å². The average Bonchev–Trinajstić information content (AvgIpc) is 3.04. The van der Waals surface area contributed by atoms with Crippen LogP contribution in [0.1, 0.15) is 44.7 Å². The van der Waals surface area contributed by atoms with Gasteiger partial charge >= 0.3 is 6.03 Å². The Morgan fingerprint density at radius 1 is 1.15 bits per heavy atom. The van der Waals surface area contributed by atoms with Crippen LogP contribution in [0.15, 0.2) is 24.3 Å². The molecule has 1 fully saturated rings. The van der Waals surface area contributed by atoms with E-state index in [-0.39, 0.29) is 23.5 Å². The van der Waals surface area contributed by atoms with Crippen molar-refractivity contribution in [1.29, 1.82) is 0 Å². The quantitative estimate of drug-likeness (QED) is 0.804. The summed E-state index contributed by atoms with van der Waals surface area (Å²) in [7, 11) is 4.10. The van der Waals surface area contributed by atoms with E-state index in [4.69, 9.17) is 0 Å². The molecule has 1 aromatic rings. The lowest BCUT2D eigenvalue weighted by Crippen LogP contribution is -2.53. The number of nitrogens with one attached hydrogen (secondary N) is 2. The molecule has 0 bridgehead atoms. The van der Waals surface area contributed by atoms with Crippen molar-refractivity contribution in [3.05, 3.63) is 35.4 Å². The number of nitrogens with zero attached hydrogens (tertiary/aromatic N) is 2. The van der Waals surface area contributed by atoms with Gasteiger partial charge in [0, 0.05) is 25.2 Å². The van der Waals surface area contributed by atoms with E-state index < -0.39 is 0 Å². The van der Waals surface area contributed by atoms with Gasteiger partial charge in [-0.25, -0.2) is 4.79 Å². The molecule has 1 saturated heterocycles. The molecule has 6 nitrogen and oxygen atoms in total. The van der Waals surface area contributed by atoms with Gasteiger partial charge in [0.25, 0.3) is 0 Å². The summed E-state index contributed by atoms with van der Waals surface area (Å²) in [5.74, 6) is -0.0633.